The number of amides is 2. The van der Waals surface area contributed by atoms with Gasteiger partial charge in [0.2, 0.25) is 0 Å². The minimum Gasteiger partial charge on any atom is -0.465 e. The van der Waals surface area contributed by atoms with Crippen LogP contribution >= 0.6 is 0 Å². The number of nitrogens with one attached hydrogen (secondary N) is 1. The lowest BCUT2D eigenvalue weighted by Crippen LogP contribution is -2.68. The highest BCUT2D eigenvalue weighted by molar-refractivity contribution is 7.85. The van der Waals surface area contributed by atoms with E-state index in [1.165, 1.54) is 9.80 Å². The summed E-state index contributed by atoms with van der Waals surface area (Å²) in [5.74, 6) is -1.08. The smallest absolute Gasteiger partial charge is 0.407 e. The highest BCUT2D eigenvalue weighted by atomic mass is 32.2. The lowest BCUT2D eigenvalue weighted by Gasteiger charge is -2.46. The Morgan fingerprint density at radius 1 is 1.15 bits per heavy atom. The Balaban J connectivity index is 1.72. The van der Waals surface area contributed by atoms with Gasteiger partial charge in [-0.1, -0.05) is 87.5 Å². The standard InChI is InChI=1S/C33H44N4O7SSi/c1-8-29(44-46(33(3,4)5,25-15-11-9-12-16-25)26-17-13-10-14-18-26)24(22-43-45(7,41)42)20-36(6)31(38)30-27-21-37(32(39)40)23(2)19-28(27)34-35-30/h8-18,23-24,29H,1,19-22H2,2-7H3,(H,34,35)(H,39,40)/t23-,24?,29?/m1/s1. The van der Waals surface area contributed by atoms with Gasteiger partial charge >= 0.3 is 6.09 Å². The fourth-order valence-corrected chi connectivity index (χ4v) is 11.3. The number of H-pyrrole nitrogens is 1. The van der Waals surface area contributed by atoms with Gasteiger partial charge in [-0.05, 0) is 22.3 Å². The summed E-state index contributed by atoms with van der Waals surface area (Å²) in [7, 11) is -5.34. The van der Waals surface area contributed by atoms with Crippen LogP contribution in [0.3, 0.4) is 0 Å². The van der Waals surface area contributed by atoms with Crippen LogP contribution < -0.4 is 10.4 Å². The summed E-state index contributed by atoms with van der Waals surface area (Å²) in [5, 5.41) is 18.6. The summed E-state index contributed by atoms with van der Waals surface area (Å²) in [5.41, 5.74) is 1.38. The monoisotopic (exact) mass is 668 g/mol. The van der Waals surface area contributed by atoms with Crippen molar-refractivity contribution in [3.63, 3.8) is 0 Å². The number of carbonyl (C=O) groups excluding carboxylic acids is 1. The number of hydrogen-bond acceptors (Lipinski definition) is 7. The van der Waals surface area contributed by atoms with E-state index in [4.69, 9.17) is 8.61 Å². The second-order valence-corrected chi connectivity index (χ2v) is 18.8. The molecule has 0 saturated heterocycles. The van der Waals surface area contributed by atoms with Gasteiger partial charge in [-0.2, -0.15) is 13.5 Å². The minimum atomic E-state index is -3.83. The molecule has 1 aliphatic heterocycles. The number of aromatic amines is 1. The Hall–Kier alpha value is -3.78. The zero-order valence-corrected chi connectivity index (χ0v) is 29.1. The van der Waals surface area contributed by atoms with Crippen molar-refractivity contribution in [2.24, 2.45) is 5.92 Å². The fourth-order valence-electron chi connectivity index (χ4n) is 6.22. The zero-order valence-electron chi connectivity index (χ0n) is 27.3. The first kappa shape index (κ1) is 35.1. The van der Waals surface area contributed by atoms with Crippen LogP contribution in [-0.2, 0) is 31.7 Å². The van der Waals surface area contributed by atoms with Gasteiger partial charge < -0.3 is 19.3 Å². The Bertz CT molecular complexity index is 1600. The molecule has 11 nitrogen and oxygen atoms in total. The SMILES string of the molecule is C=CC(O[Si](c1ccccc1)(c1ccccc1)C(C)(C)C)C(COS(C)(=O)=O)CN(C)C(=O)c1n[nH]c2c1CN(C(=O)O)[C@H](C)C2. The van der Waals surface area contributed by atoms with Gasteiger partial charge in [-0.15, -0.1) is 6.58 Å². The average Bonchev–Trinajstić information content (AvgIpc) is 3.41. The summed E-state index contributed by atoms with van der Waals surface area (Å²) in [4.78, 5) is 28.4. The second kappa shape index (κ2) is 13.9. The molecule has 2 unspecified atom stereocenters. The van der Waals surface area contributed by atoms with Crippen LogP contribution in [0, 0.1) is 5.92 Å². The van der Waals surface area contributed by atoms with Crippen LogP contribution in [0.5, 0.6) is 0 Å². The molecular weight excluding hydrogens is 625 g/mol. The first-order valence-corrected chi connectivity index (χ1v) is 18.9. The predicted molar refractivity (Wildman–Crippen MR) is 179 cm³/mol. The summed E-state index contributed by atoms with van der Waals surface area (Å²) >= 11 is 0. The van der Waals surface area contributed by atoms with Gasteiger partial charge in [0, 0.05) is 43.2 Å². The normalized spacial score (nSPS) is 16.7. The lowest BCUT2D eigenvalue weighted by molar-refractivity contribution is 0.0646. The van der Waals surface area contributed by atoms with Crippen LogP contribution in [0.1, 0.15) is 49.4 Å². The van der Waals surface area contributed by atoms with Crippen molar-refractivity contribution in [2.75, 3.05) is 26.5 Å². The van der Waals surface area contributed by atoms with E-state index in [2.05, 4.69) is 61.8 Å². The third-order valence-corrected chi connectivity index (χ3v) is 14.1. The molecule has 13 heteroatoms. The van der Waals surface area contributed by atoms with Crippen LogP contribution in [0.4, 0.5) is 4.79 Å². The molecule has 0 aliphatic carbocycles. The second-order valence-electron chi connectivity index (χ2n) is 12.9. The lowest BCUT2D eigenvalue weighted by atomic mass is 9.99. The predicted octanol–water partition coefficient (Wildman–Crippen LogP) is 3.63. The van der Waals surface area contributed by atoms with Crippen LogP contribution in [-0.4, -0.2) is 92.4 Å². The van der Waals surface area contributed by atoms with E-state index in [1.807, 2.05) is 36.4 Å². The van der Waals surface area contributed by atoms with Crippen molar-refractivity contribution in [3.8, 4) is 0 Å². The van der Waals surface area contributed by atoms with E-state index >= 15 is 0 Å². The van der Waals surface area contributed by atoms with Gasteiger partial charge in [0.15, 0.2) is 5.69 Å². The van der Waals surface area contributed by atoms with E-state index in [-0.39, 0.29) is 36.5 Å². The largest absolute Gasteiger partial charge is 0.465 e. The topological polar surface area (TPSA) is 142 Å². The number of nitrogens with zero attached hydrogens (tertiary/aromatic N) is 3. The molecule has 4 rings (SSSR count). The van der Waals surface area contributed by atoms with Crippen LogP contribution in [0.25, 0.3) is 0 Å². The van der Waals surface area contributed by atoms with Crippen molar-refractivity contribution < 1.29 is 31.7 Å². The van der Waals surface area contributed by atoms with Crippen molar-refractivity contribution in [1.82, 2.24) is 20.0 Å². The van der Waals surface area contributed by atoms with Gasteiger partial charge in [-0.3, -0.25) is 14.1 Å². The number of hydrogen-bond donors (Lipinski definition) is 2. The number of rotatable bonds is 12. The van der Waals surface area contributed by atoms with Crippen LogP contribution in [0.2, 0.25) is 5.04 Å². The molecule has 0 radical (unpaired) electrons. The number of carbonyl (C=O) groups is 2. The molecule has 248 valence electrons. The van der Waals surface area contributed by atoms with Crippen molar-refractivity contribution in [1.29, 1.82) is 0 Å². The molecule has 2 N–H and O–H groups in total. The zero-order chi connectivity index (χ0) is 33.9. The van der Waals surface area contributed by atoms with E-state index in [9.17, 15) is 23.1 Å². The number of benzene rings is 2. The van der Waals surface area contributed by atoms with Crippen molar-refractivity contribution in [2.45, 2.75) is 57.8 Å². The van der Waals surface area contributed by atoms with Crippen LogP contribution in [0.15, 0.2) is 73.3 Å². The first-order valence-electron chi connectivity index (χ1n) is 15.2. The highest BCUT2D eigenvalue weighted by Gasteiger charge is 2.52. The minimum absolute atomic E-state index is 0.0319. The molecular formula is C33H44N4O7SSi. The first-order chi connectivity index (χ1) is 21.6. The number of fused-ring (bicyclic) bond motifs is 1. The summed E-state index contributed by atoms with van der Waals surface area (Å²) in [6.07, 6.45) is 1.24. The molecule has 1 aliphatic rings. The van der Waals surface area contributed by atoms with Gasteiger partial charge in [0.1, 0.15) is 0 Å². The Morgan fingerprint density at radius 3 is 2.20 bits per heavy atom. The molecule has 2 heterocycles. The molecule has 2 aromatic carbocycles. The Kier molecular flexibility index (Phi) is 10.6. The van der Waals surface area contributed by atoms with E-state index in [0.29, 0.717) is 12.0 Å². The van der Waals surface area contributed by atoms with E-state index < -0.39 is 42.5 Å². The van der Waals surface area contributed by atoms with Crippen molar-refractivity contribution in [3.05, 3.63) is 90.3 Å². The van der Waals surface area contributed by atoms with E-state index in [0.717, 1.165) is 22.3 Å². The Morgan fingerprint density at radius 2 is 1.72 bits per heavy atom. The maximum absolute atomic E-state index is 13.8. The molecule has 2 amide bonds. The molecule has 1 aromatic heterocycles. The third kappa shape index (κ3) is 7.43. The molecule has 3 aromatic rings. The van der Waals surface area contributed by atoms with Gasteiger partial charge in [0.05, 0.1) is 25.5 Å². The van der Waals surface area contributed by atoms with Gasteiger partial charge in [-0.25, -0.2) is 4.79 Å². The molecule has 0 fully saturated rings. The fraction of sp³-hybridized carbons (Fsp3) is 0.424. The maximum Gasteiger partial charge on any atom is 0.407 e. The molecule has 0 saturated carbocycles. The van der Waals surface area contributed by atoms with Crippen molar-refractivity contribution >= 4 is 40.8 Å². The Labute approximate surface area is 272 Å². The molecule has 0 bridgehead atoms. The highest BCUT2D eigenvalue weighted by Crippen LogP contribution is 2.38. The number of aromatic nitrogens is 2. The molecule has 46 heavy (non-hydrogen) atoms. The quantitative estimate of drug-likeness (QED) is 0.169. The summed E-state index contributed by atoms with van der Waals surface area (Å²) in [6, 6.07) is 19.8. The molecule has 0 spiro atoms. The average molecular weight is 669 g/mol. The third-order valence-electron chi connectivity index (χ3n) is 8.54. The molecule has 3 atom stereocenters. The van der Waals surface area contributed by atoms with E-state index in [1.54, 1.807) is 20.0 Å². The maximum atomic E-state index is 13.8. The summed E-state index contributed by atoms with van der Waals surface area (Å²) in [6.45, 7) is 12.1. The number of carboxylic acid groups (broad SMARTS) is 1. The summed E-state index contributed by atoms with van der Waals surface area (Å²) < 4.78 is 37.0. The van der Waals surface area contributed by atoms with Gasteiger partial charge in [0.25, 0.3) is 24.3 Å².